The minimum atomic E-state index is -0.741. The van der Waals surface area contributed by atoms with Gasteiger partial charge in [-0.25, -0.2) is 0 Å². The second-order valence-corrected chi connectivity index (χ2v) is 7.66. The summed E-state index contributed by atoms with van der Waals surface area (Å²) in [5.41, 5.74) is 0. The van der Waals surface area contributed by atoms with E-state index < -0.39 is 12.1 Å². The van der Waals surface area contributed by atoms with Crippen LogP contribution in [0.1, 0.15) is 71.1 Å². The molecule has 1 heterocycles. The third-order valence-corrected chi connectivity index (χ3v) is 5.62. The number of aliphatic hydroxyl groups excluding tert-OH is 2. The number of aliphatic hydroxyl groups is 2. The molecule has 0 unspecified atom stereocenters. The third kappa shape index (κ3) is 6.39. The van der Waals surface area contributed by atoms with Crippen LogP contribution in [-0.2, 0) is 9.53 Å². The summed E-state index contributed by atoms with van der Waals surface area (Å²) in [5.74, 6) is -0.358. The fraction of sp³-hybridized carbons (Fsp3) is 0.850. The van der Waals surface area contributed by atoms with Crippen molar-refractivity contribution in [3.05, 3.63) is 12.2 Å². The molecular weight excluding hydrogens is 320 g/mol. The number of unbranched alkanes of at least 4 members (excludes halogenated alkanes) is 3. The van der Waals surface area contributed by atoms with Crippen LogP contribution in [0.3, 0.4) is 0 Å². The van der Waals surface area contributed by atoms with Gasteiger partial charge >= 0.3 is 5.97 Å². The van der Waals surface area contributed by atoms with Crippen LogP contribution in [0.4, 0.5) is 0 Å². The molecule has 0 bridgehead atoms. The van der Waals surface area contributed by atoms with Crippen molar-refractivity contribution in [2.24, 2.45) is 11.8 Å². The van der Waals surface area contributed by atoms with E-state index in [1.54, 1.807) is 0 Å². The van der Waals surface area contributed by atoms with E-state index in [0.717, 1.165) is 44.9 Å². The van der Waals surface area contributed by atoms with Crippen molar-refractivity contribution < 1.29 is 24.9 Å². The number of hydrogen-bond acceptors (Lipinski definition) is 4. The molecule has 0 amide bonds. The van der Waals surface area contributed by atoms with Gasteiger partial charge in [-0.2, -0.15) is 0 Å². The fourth-order valence-electron chi connectivity index (χ4n) is 4.24. The van der Waals surface area contributed by atoms with E-state index in [1.165, 1.54) is 0 Å². The molecule has 3 N–H and O–H groups in total. The Balaban J connectivity index is 1.76. The molecule has 2 rings (SSSR count). The monoisotopic (exact) mass is 354 g/mol. The van der Waals surface area contributed by atoms with E-state index in [-0.39, 0.29) is 30.7 Å². The van der Waals surface area contributed by atoms with Gasteiger partial charge in [0.2, 0.25) is 0 Å². The van der Waals surface area contributed by atoms with Gasteiger partial charge in [0.05, 0.1) is 24.4 Å². The molecule has 144 valence electrons. The van der Waals surface area contributed by atoms with Crippen LogP contribution in [0, 0.1) is 11.8 Å². The first-order valence-corrected chi connectivity index (χ1v) is 9.93. The molecule has 5 heteroatoms. The molecule has 0 spiro atoms. The molecule has 2 aliphatic rings. The lowest BCUT2D eigenvalue weighted by Crippen LogP contribution is -2.19. The lowest BCUT2D eigenvalue weighted by atomic mass is 9.89. The largest absolute Gasteiger partial charge is 0.481 e. The van der Waals surface area contributed by atoms with E-state index in [0.29, 0.717) is 18.8 Å². The number of rotatable bonds is 11. The highest BCUT2D eigenvalue weighted by Gasteiger charge is 2.47. The zero-order valence-electron chi connectivity index (χ0n) is 15.3. The van der Waals surface area contributed by atoms with Crippen LogP contribution in [0.5, 0.6) is 0 Å². The first-order valence-electron chi connectivity index (χ1n) is 9.93. The van der Waals surface area contributed by atoms with Gasteiger partial charge in [-0.15, -0.1) is 0 Å². The summed E-state index contributed by atoms with van der Waals surface area (Å²) in [6, 6.07) is 0. The Morgan fingerprint density at radius 3 is 2.76 bits per heavy atom. The van der Waals surface area contributed by atoms with Crippen LogP contribution < -0.4 is 0 Å². The molecule has 2 fully saturated rings. The van der Waals surface area contributed by atoms with Gasteiger partial charge in [0.25, 0.3) is 0 Å². The Morgan fingerprint density at radius 2 is 2.04 bits per heavy atom. The normalized spacial score (nSPS) is 33.0. The maximum atomic E-state index is 10.6. The molecule has 25 heavy (non-hydrogen) atoms. The van der Waals surface area contributed by atoms with Gasteiger partial charge in [0, 0.05) is 18.8 Å². The first-order chi connectivity index (χ1) is 12.0. The minimum Gasteiger partial charge on any atom is -0.481 e. The molecule has 5 nitrogen and oxygen atoms in total. The zero-order valence-corrected chi connectivity index (χ0v) is 15.3. The molecule has 1 saturated carbocycles. The molecule has 1 saturated heterocycles. The average molecular weight is 354 g/mol. The van der Waals surface area contributed by atoms with Crippen LogP contribution in [-0.4, -0.2) is 45.7 Å². The molecule has 0 aromatic rings. The highest BCUT2D eigenvalue weighted by molar-refractivity contribution is 5.66. The van der Waals surface area contributed by atoms with E-state index in [2.05, 4.69) is 6.92 Å². The Bertz CT molecular complexity index is 436. The van der Waals surface area contributed by atoms with Gasteiger partial charge in [0.1, 0.15) is 0 Å². The van der Waals surface area contributed by atoms with E-state index in [1.807, 2.05) is 12.2 Å². The van der Waals surface area contributed by atoms with Crippen LogP contribution in [0.25, 0.3) is 0 Å². The molecule has 1 aliphatic carbocycles. The lowest BCUT2D eigenvalue weighted by Gasteiger charge is -2.18. The molecule has 1 aliphatic heterocycles. The molecule has 0 radical (unpaired) electrons. The zero-order chi connectivity index (χ0) is 18.2. The summed E-state index contributed by atoms with van der Waals surface area (Å²) < 4.78 is 6.08. The number of fused-ring (bicyclic) bond motifs is 1. The molecule has 0 aromatic carbocycles. The van der Waals surface area contributed by atoms with E-state index in [4.69, 9.17) is 9.84 Å². The smallest absolute Gasteiger partial charge is 0.303 e. The summed E-state index contributed by atoms with van der Waals surface area (Å²) >= 11 is 0. The predicted molar refractivity (Wildman–Crippen MR) is 96.3 cm³/mol. The summed E-state index contributed by atoms with van der Waals surface area (Å²) in [6.45, 7) is 2.15. The number of aliphatic carboxylic acids is 1. The maximum absolute atomic E-state index is 10.6. The summed E-state index contributed by atoms with van der Waals surface area (Å²) in [4.78, 5) is 10.6. The first kappa shape index (κ1) is 20.4. The van der Waals surface area contributed by atoms with Gasteiger partial charge in [-0.1, -0.05) is 44.8 Å². The van der Waals surface area contributed by atoms with Gasteiger partial charge in [-0.05, 0) is 31.6 Å². The van der Waals surface area contributed by atoms with Crippen molar-refractivity contribution in [1.82, 2.24) is 0 Å². The van der Waals surface area contributed by atoms with Crippen LogP contribution >= 0.6 is 0 Å². The van der Waals surface area contributed by atoms with Crippen LogP contribution in [0.15, 0.2) is 12.2 Å². The van der Waals surface area contributed by atoms with Crippen molar-refractivity contribution in [2.45, 2.75) is 95.5 Å². The highest BCUT2D eigenvalue weighted by Crippen LogP contribution is 2.45. The van der Waals surface area contributed by atoms with Crippen molar-refractivity contribution in [3.8, 4) is 0 Å². The number of carboxylic acid groups (broad SMARTS) is 1. The standard InChI is InChI=1S/C20H34O5/c1-2-3-4-7-14(21)10-11-16-17-12-15(8-5-6-9-20(23)24)25-19(17)13-18(16)22/h10-11,14-19,21-22H,2-9,12-13H2,1H3,(H,23,24)/b11-10+/t14-,15+,16+,17+,18+,19-/m0/s1. The second-order valence-electron chi connectivity index (χ2n) is 7.66. The van der Waals surface area contributed by atoms with Gasteiger partial charge < -0.3 is 20.1 Å². The topological polar surface area (TPSA) is 87.0 Å². The predicted octanol–water partition coefficient (Wildman–Crippen LogP) is 3.28. The second kappa shape index (κ2) is 10.3. The quantitative estimate of drug-likeness (QED) is 0.391. The van der Waals surface area contributed by atoms with Crippen molar-refractivity contribution in [1.29, 1.82) is 0 Å². The van der Waals surface area contributed by atoms with E-state index >= 15 is 0 Å². The van der Waals surface area contributed by atoms with Crippen molar-refractivity contribution in [2.75, 3.05) is 0 Å². The number of carboxylic acids is 1. The Labute approximate surface area is 151 Å². The lowest BCUT2D eigenvalue weighted by molar-refractivity contribution is -0.137. The molecule has 0 aromatic heterocycles. The van der Waals surface area contributed by atoms with Crippen molar-refractivity contribution in [3.63, 3.8) is 0 Å². The molecular formula is C20H34O5. The fourth-order valence-corrected chi connectivity index (χ4v) is 4.24. The number of carbonyl (C=O) groups is 1. The summed E-state index contributed by atoms with van der Waals surface area (Å²) in [5, 5.41) is 29.0. The number of hydrogen-bond donors (Lipinski definition) is 3. The number of ether oxygens (including phenoxy) is 1. The van der Waals surface area contributed by atoms with E-state index in [9.17, 15) is 15.0 Å². The maximum Gasteiger partial charge on any atom is 0.303 e. The van der Waals surface area contributed by atoms with Gasteiger partial charge in [-0.3, -0.25) is 4.79 Å². The van der Waals surface area contributed by atoms with Crippen molar-refractivity contribution >= 4 is 5.97 Å². The summed E-state index contributed by atoms with van der Waals surface area (Å²) in [7, 11) is 0. The third-order valence-electron chi connectivity index (χ3n) is 5.62. The minimum absolute atomic E-state index is 0.0647. The highest BCUT2D eigenvalue weighted by atomic mass is 16.5. The molecule has 6 atom stereocenters. The Kier molecular flexibility index (Phi) is 8.40. The Morgan fingerprint density at radius 1 is 1.24 bits per heavy atom. The average Bonchev–Trinajstić information content (AvgIpc) is 3.06. The SMILES string of the molecule is CCCCC[C@H](O)/C=C/[C@@H]1[C@H]2C[C@@H](CCCCC(=O)O)O[C@H]2C[C@H]1O. The van der Waals surface area contributed by atoms with Crippen LogP contribution in [0.2, 0.25) is 0 Å². The van der Waals surface area contributed by atoms with Gasteiger partial charge in [0.15, 0.2) is 0 Å². The Hall–Kier alpha value is -0.910. The summed E-state index contributed by atoms with van der Waals surface area (Å²) in [6.07, 6.45) is 11.7.